The van der Waals surface area contributed by atoms with Crippen LogP contribution in [0.25, 0.3) is 0 Å². The molecule has 0 unspecified atom stereocenters. The maximum Gasteiger partial charge on any atom is 0.120 e. The second-order valence-corrected chi connectivity index (χ2v) is 5.30. The summed E-state index contributed by atoms with van der Waals surface area (Å²) in [7, 11) is 0. The van der Waals surface area contributed by atoms with Crippen molar-refractivity contribution in [3.8, 4) is 0 Å². The van der Waals surface area contributed by atoms with Gasteiger partial charge < -0.3 is 4.79 Å². The lowest BCUT2D eigenvalue weighted by Crippen LogP contribution is -2.22. The van der Waals surface area contributed by atoms with E-state index in [0.717, 1.165) is 24.7 Å². The van der Waals surface area contributed by atoms with E-state index in [1.54, 1.807) is 0 Å². The van der Waals surface area contributed by atoms with Gasteiger partial charge in [0.1, 0.15) is 6.29 Å². The van der Waals surface area contributed by atoms with Crippen LogP contribution in [0.5, 0.6) is 0 Å². The topological polar surface area (TPSA) is 17.1 Å². The number of benzene rings is 1. The van der Waals surface area contributed by atoms with Crippen molar-refractivity contribution in [3.63, 3.8) is 0 Å². The Morgan fingerprint density at radius 2 is 1.88 bits per heavy atom. The van der Waals surface area contributed by atoms with Gasteiger partial charge in [-0.2, -0.15) is 0 Å². The van der Waals surface area contributed by atoms with Crippen molar-refractivity contribution in [2.24, 2.45) is 0 Å². The SMILES string of the molecule is O=CCC1(c2ccc(Cl)c(Cl)c2)CCCC1. The van der Waals surface area contributed by atoms with E-state index in [1.807, 2.05) is 18.2 Å². The maximum atomic E-state index is 10.8. The van der Waals surface area contributed by atoms with Crippen LogP contribution in [-0.4, -0.2) is 6.29 Å². The quantitative estimate of drug-likeness (QED) is 0.734. The van der Waals surface area contributed by atoms with Crippen molar-refractivity contribution in [2.45, 2.75) is 37.5 Å². The summed E-state index contributed by atoms with van der Waals surface area (Å²) in [6, 6.07) is 5.74. The fraction of sp³-hybridized carbons (Fsp3) is 0.462. The molecule has 1 saturated carbocycles. The van der Waals surface area contributed by atoms with Gasteiger partial charge in [-0.15, -0.1) is 0 Å². The summed E-state index contributed by atoms with van der Waals surface area (Å²) < 4.78 is 0. The zero-order valence-corrected chi connectivity index (χ0v) is 10.5. The summed E-state index contributed by atoms with van der Waals surface area (Å²) in [6.07, 6.45) is 6.13. The Labute approximate surface area is 106 Å². The Morgan fingerprint density at radius 1 is 1.19 bits per heavy atom. The molecule has 0 heterocycles. The van der Waals surface area contributed by atoms with Crippen LogP contribution in [0.2, 0.25) is 10.0 Å². The molecule has 1 aromatic rings. The minimum absolute atomic E-state index is 0.00990. The van der Waals surface area contributed by atoms with Crippen LogP contribution in [0.4, 0.5) is 0 Å². The van der Waals surface area contributed by atoms with Crippen LogP contribution in [-0.2, 0) is 10.2 Å². The van der Waals surface area contributed by atoms with E-state index in [0.29, 0.717) is 16.5 Å². The molecule has 0 amide bonds. The van der Waals surface area contributed by atoms with Gasteiger partial charge in [-0.3, -0.25) is 0 Å². The van der Waals surface area contributed by atoms with E-state index >= 15 is 0 Å². The predicted molar refractivity (Wildman–Crippen MR) is 67.3 cm³/mol. The van der Waals surface area contributed by atoms with Crippen LogP contribution < -0.4 is 0 Å². The molecule has 16 heavy (non-hydrogen) atoms. The normalized spacial score (nSPS) is 18.6. The zero-order valence-electron chi connectivity index (χ0n) is 9.01. The maximum absolute atomic E-state index is 10.8. The molecule has 1 fully saturated rings. The van der Waals surface area contributed by atoms with Crippen LogP contribution >= 0.6 is 23.2 Å². The number of halogens is 2. The van der Waals surface area contributed by atoms with Crippen LogP contribution in [0, 0.1) is 0 Å². The standard InChI is InChI=1S/C13H14Cl2O/c14-11-4-3-10(9-12(11)15)13(7-8-16)5-1-2-6-13/h3-4,8-9H,1-2,5-7H2. The smallest absolute Gasteiger partial charge is 0.120 e. The van der Waals surface area contributed by atoms with Crippen LogP contribution in [0.3, 0.4) is 0 Å². The van der Waals surface area contributed by atoms with Crippen molar-refractivity contribution < 1.29 is 4.79 Å². The summed E-state index contributed by atoms with van der Waals surface area (Å²) in [4.78, 5) is 10.8. The molecule has 0 bridgehead atoms. The molecule has 0 spiro atoms. The Morgan fingerprint density at radius 3 is 2.44 bits per heavy atom. The van der Waals surface area contributed by atoms with E-state index in [-0.39, 0.29) is 5.41 Å². The monoisotopic (exact) mass is 256 g/mol. The number of rotatable bonds is 3. The molecule has 2 rings (SSSR count). The molecule has 0 aliphatic heterocycles. The van der Waals surface area contributed by atoms with Crippen molar-refractivity contribution in [1.82, 2.24) is 0 Å². The Balaban J connectivity index is 2.38. The first kappa shape index (κ1) is 11.9. The van der Waals surface area contributed by atoms with E-state index in [4.69, 9.17) is 23.2 Å². The number of aldehydes is 1. The molecule has 1 aromatic carbocycles. The number of carbonyl (C=O) groups excluding carboxylic acids is 1. The highest BCUT2D eigenvalue weighted by Gasteiger charge is 2.35. The third-order valence-electron chi connectivity index (χ3n) is 3.57. The first-order chi connectivity index (χ1) is 7.68. The Bertz CT molecular complexity index is 395. The van der Waals surface area contributed by atoms with Crippen molar-refractivity contribution in [1.29, 1.82) is 0 Å². The minimum Gasteiger partial charge on any atom is -0.303 e. The molecule has 3 heteroatoms. The first-order valence-electron chi connectivity index (χ1n) is 5.57. The fourth-order valence-corrected chi connectivity index (χ4v) is 2.95. The summed E-state index contributed by atoms with van der Waals surface area (Å²) >= 11 is 11.9. The average molecular weight is 257 g/mol. The van der Waals surface area contributed by atoms with Gasteiger partial charge in [0.05, 0.1) is 10.0 Å². The second kappa shape index (κ2) is 4.77. The number of hydrogen-bond acceptors (Lipinski definition) is 1. The highest BCUT2D eigenvalue weighted by Crippen LogP contribution is 2.44. The van der Waals surface area contributed by atoms with Gasteiger partial charge in [-0.1, -0.05) is 42.1 Å². The highest BCUT2D eigenvalue weighted by molar-refractivity contribution is 6.42. The number of carbonyl (C=O) groups is 1. The molecule has 1 aliphatic rings. The van der Waals surface area contributed by atoms with Gasteiger partial charge in [0.15, 0.2) is 0 Å². The molecule has 1 aliphatic carbocycles. The third-order valence-corrected chi connectivity index (χ3v) is 4.31. The van der Waals surface area contributed by atoms with Gasteiger partial charge in [0, 0.05) is 11.8 Å². The molecule has 86 valence electrons. The largest absolute Gasteiger partial charge is 0.303 e. The van der Waals surface area contributed by atoms with E-state index in [1.165, 1.54) is 12.8 Å². The third kappa shape index (κ3) is 2.11. The molecular weight excluding hydrogens is 243 g/mol. The molecule has 0 radical (unpaired) electrons. The molecule has 0 saturated heterocycles. The van der Waals surface area contributed by atoms with E-state index < -0.39 is 0 Å². The van der Waals surface area contributed by atoms with Crippen molar-refractivity contribution in [2.75, 3.05) is 0 Å². The molecule has 0 atom stereocenters. The Hall–Kier alpha value is -0.530. The summed E-state index contributed by atoms with van der Waals surface area (Å²) in [5.74, 6) is 0. The van der Waals surface area contributed by atoms with E-state index in [9.17, 15) is 4.79 Å². The fourth-order valence-electron chi connectivity index (χ4n) is 2.65. The zero-order chi connectivity index (χ0) is 11.6. The first-order valence-corrected chi connectivity index (χ1v) is 6.33. The van der Waals surface area contributed by atoms with Gasteiger partial charge in [-0.05, 0) is 30.5 Å². The van der Waals surface area contributed by atoms with Gasteiger partial charge in [-0.25, -0.2) is 0 Å². The summed E-state index contributed by atoms with van der Waals surface area (Å²) in [6.45, 7) is 0. The molecule has 0 N–H and O–H groups in total. The van der Waals surface area contributed by atoms with Crippen molar-refractivity contribution in [3.05, 3.63) is 33.8 Å². The van der Waals surface area contributed by atoms with Gasteiger partial charge in [0.25, 0.3) is 0 Å². The van der Waals surface area contributed by atoms with Gasteiger partial charge in [0.2, 0.25) is 0 Å². The lowest BCUT2D eigenvalue weighted by atomic mass is 9.76. The average Bonchev–Trinajstić information content (AvgIpc) is 2.72. The predicted octanol–water partition coefficient (Wildman–Crippen LogP) is 4.39. The van der Waals surface area contributed by atoms with Crippen LogP contribution in [0.1, 0.15) is 37.7 Å². The summed E-state index contributed by atoms with van der Waals surface area (Å²) in [5.41, 5.74) is 1.17. The summed E-state index contributed by atoms with van der Waals surface area (Å²) in [5, 5.41) is 1.15. The highest BCUT2D eigenvalue weighted by atomic mass is 35.5. The lowest BCUT2D eigenvalue weighted by Gasteiger charge is -2.27. The van der Waals surface area contributed by atoms with Gasteiger partial charge >= 0.3 is 0 Å². The molecular formula is C13H14Cl2O. The molecule has 1 nitrogen and oxygen atoms in total. The van der Waals surface area contributed by atoms with E-state index in [2.05, 4.69) is 0 Å². The lowest BCUT2D eigenvalue weighted by molar-refractivity contribution is -0.108. The second-order valence-electron chi connectivity index (χ2n) is 4.49. The number of hydrogen-bond donors (Lipinski definition) is 0. The van der Waals surface area contributed by atoms with Crippen LogP contribution in [0.15, 0.2) is 18.2 Å². The van der Waals surface area contributed by atoms with Crippen molar-refractivity contribution >= 4 is 29.5 Å². The molecule has 0 aromatic heterocycles. The Kier molecular flexibility index (Phi) is 3.56. The minimum atomic E-state index is 0.00990.